The van der Waals surface area contributed by atoms with E-state index in [0.717, 1.165) is 23.4 Å². The van der Waals surface area contributed by atoms with Crippen LogP contribution in [-0.2, 0) is 14.3 Å². The molecule has 0 saturated heterocycles. The second kappa shape index (κ2) is 4.06. The molecule has 3 aliphatic rings. The van der Waals surface area contributed by atoms with Gasteiger partial charge in [-0.1, -0.05) is 18.2 Å². The zero-order valence-corrected chi connectivity index (χ0v) is 13.5. The van der Waals surface area contributed by atoms with Crippen molar-refractivity contribution in [3.8, 4) is 0 Å². The van der Waals surface area contributed by atoms with Crippen LogP contribution in [0.5, 0.6) is 0 Å². The first-order chi connectivity index (χ1) is 10.3. The number of anilines is 1. The number of hydrogen-bond acceptors (Lipinski definition) is 4. The average molecular weight is 299 g/mol. The van der Waals surface area contributed by atoms with Crippen molar-refractivity contribution in [3.63, 3.8) is 0 Å². The smallest absolute Gasteiger partial charge is 0.338 e. The van der Waals surface area contributed by atoms with Gasteiger partial charge in [-0.15, -0.1) is 0 Å². The Bertz CT molecular complexity index is 706. The van der Waals surface area contributed by atoms with E-state index < -0.39 is 11.3 Å². The molecule has 1 aromatic rings. The summed E-state index contributed by atoms with van der Waals surface area (Å²) < 4.78 is 11.9. The van der Waals surface area contributed by atoms with Crippen LogP contribution in [0.15, 0.2) is 35.6 Å². The summed E-state index contributed by atoms with van der Waals surface area (Å²) in [6, 6.07) is 8.26. The third-order valence-corrected chi connectivity index (χ3v) is 5.13. The highest BCUT2D eigenvalue weighted by Gasteiger charge is 2.52. The maximum atomic E-state index is 12.6. The van der Waals surface area contributed by atoms with Gasteiger partial charge in [0.1, 0.15) is 11.4 Å². The fraction of sp³-hybridized carbons (Fsp3) is 0.500. The molecule has 0 saturated carbocycles. The van der Waals surface area contributed by atoms with Gasteiger partial charge in [-0.3, -0.25) is 0 Å². The van der Waals surface area contributed by atoms with Gasteiger partial charge in [-0.25, -0.2) is 4.79 Å². The van der Waals surface area contributed by atoms with Gasteiger partial charge in [0.25, 0.3) is 0 Å². The second-order valence-corrected chi connectivity index (χ2v) is 7.31. The van der Waals surface area contributed by atoms with Crippen LogP contribution < -0.4 is 4.90 Å². The molecule has 3 aliphatic heterocycles. The van der Waals surface area contributed by atoms with Gasteiger partial charge in [-0.05, 0) is 32.4 Å². The van der Waals surface area contributed by atoms with Crippen LogP contribution in [0.3, 0.4) is 0 Å². The monoisotopic (exact) mass is 299 g/mol. The Labute approximate surface area is 130 Å². The summed E-state index contributed by atoms with van der Waals surface area (Å²) in [7, 11) is 2.06. The Morgan fingerprint density at radius 1 is 1.18 bits per heavy atom. The lowest BCUT2D eigenvalue weighted by molar-refractivity contribution is -0.160. The van der Waals surface area contributed by atoms with E-state index in [1.807, 2.05) is 26.0 Å². The van der Waals surface area contributed by atoms with Crippen LogP contribution in [-0.4, -0.2) is 24.3 Å². The summed E-state index contributed by atoms with van der Waals surface area (Å²) >= 11 is 0. The van der Waals surface area contributed by atoms with Crippen molar-refractivity contribution in [1.82, 2.24) is 0 Å². The Balaban J connectivity index is 1.92. The molecular formula is C18H21NO3. The first-order valence-electron chi connectivity index (χ1n) is 7.79. The summed E-state index contributed by atoms with van der Waals surface area (Å²) in [4.78, 5) is 14.8. The molecule has 0 spiro atoms. The molecule has 0 radical (unpaired) electrons. The minimum atomic E-state index is -0.504. The minimum absolute atomic E-state index is 0.0600. The van der Waals surface area contributed by atoms with E-state index in [-0.39, 0.29) is 11.9 Å². The Morgan fingerprint density at radius 3 is 2.68 bits per heavy atom. The number of benzene rings is 1. The number of cyclic esters (lactones) is 1. The van der Waals surface area contributed by atoms with Gasteiger partial charge in [0.05, 0.1) is 5.57 Å². The van der Waals surface area contributed by atoms with Crippen molar-refractivity contribution in [2.75, 3.05) is 11.9 Å². The summed E-state index contributed by atoms with van der Waals surface area (Å²) in [5.74, 6) is 0.642. The van der Waals surface area contributed by atoms with Gasteiger partial charge in [-0.2, -0.15) is 0 Å². The van der Waals surface area contributed by atoms with Crippen molar-refractivity contribution in [1.29, 1.82) is 0 Å². The number of para-hydroxylation sites is 1. The number of ether oxygens (including phenoxy) is 2. The lowest BCUT2D eigenvalue weighted by atomic mass is 9.75. The van der Waals surface area contributed by atoms with Crippen LogP contribution >= 0.6 is 0 Å². The molecule has 0 N–H and O–H groups in total. The Kier molecular flexibility index (Phi) is 2.52. The molecule has 3 heterocycles. The van der Waals surface area contributed by atoms with Crippen molar-refractivity contribution in [3.05, 3.63) is 41.2 Å². The number of rotatable bonds is 0. The molecule has 22 heavy (non-hydrogen) atoms. The fourth-order valence-corrected chi connectivity index (χ4v) is 3.97. The molecular weight excluding hydrogens is 278 g/mol. The van der Waals surface area contributed by atoms with Crippen LogP contribution in [0.25, 0.3) is 0 Å². The van der Waals surface area contributed by atoms with Crippen molar-refractivity contribution >= 4 is 11.7 Å². The summed E-state index contributed by atoms with van der Waals surface area (Å²) in [5.41, 5.74) is 2.12. The Hall–Kier alpha value is -1.97. The molecule has 2 unspecified atom stereocenters. The summed E-state index contributed by atoms with van der Waals surface area (Å²) in [6.45, 7) is 5.97. The average Bonchev–Trinajstić information content (AvgIpc) is 2.42. The summed E-state index contributed by atoms with van der Waals surface area (Å²) in [6.07, 6.45) is 1.41. The molecule has 0 aliphatic carbocycles. The number of esters is 1. The number of fused-ring (bicyclic) bond motifs is 5. The fourth-order valence-electron chi connectivity index (χ4n) is 3.97. The number of hydrogen-bond donors (Lipinski definition) is 0. The highest BCUT2D eigenvalue weighted by atomic mass is 16.6. The van der Waals surface area contributed by atoms with Gasteiger partial charge < -0.3 is 14.4 Å². The third kappa shape index (κ3) is 1.73. The standard InChI is InChI=1S/C18H21NO3/c1-17(2)10-14-15(16(20)22-17)12-9-18(3,21-14)19(4)13-8-6-5-7-11(12)13/h5-8,12H,9-10H2,1-4H3. The molecule has 0 aromatic heterocycles. The van der Waals surface area contributed by atoms with Crippen LogP contribution in [0.2, 0.25) is 0 Å². The molecule has 4 heteroatoms. The molecule has 2 bridgehead atoms. The van der Waals surface area contributed by atoms with Gasteiger partial charge >= 0.3 is 5.97 Å². The van der Waals surface area contributed by atoms with Gasteiger partial charge in [0.15, 0.2) is 5.72 Å². The molecule has 2 atom stereocenters. The molecule has 1 aromatic carbocycles. The zero-order valence-electron chi connectivity index (χ0n) is 13.5. The predicted octanol–water partition coefficient (Wildman–Crippen LogP) is 3.34. The van der Waals surface area contributed by atoms with Crippen LogP contribution in [0.4, 0.5) is 5.69 Å². The highest BCUT2D eigenvalue weighted by Crippen LogP contribution is 2.53. The first-order valence-corrected chi connectivity index (χ1v) is 7.79. The maximum absolute atomic E-state index is 12.6. The third-order valence-electron chi connectivity index (χ3n) is 5.13. The molecule has 0 amide bonds. The summed E-state index contributed by atoms with van der Waals surface area (Å²) in [5, 5.41) is 0. The van der Waals surface area contributed by atoms with Crippen LogP contribution in [0, 0.1) is 0 Å². The van der Waals surface area contributed by atoms with E-state index >= 15 is 0 Å². The largest absolute Gasteiger partial charge is 0.472 e. The maximum Gasteiger partial charge on any atom is 0.338 e. The molecule has 0 fully saturated rings. The van der Waals surface area contributed by atoms with Crippen molar-refractivity contribution in [2.24, 2.45) is 0 Å². The van der Waals surface area contributed by atoms with Gasteiger partial charge in [0.2, 0.25) is 0 Å². The topological polar surface area (TPSA) is 38.8 Å². The normalized spacial score (nSPS) is 31.9. The van der Waals surface area contributed by atoms with E-state index in [2.05, 4.69) is 31.0 Å². The van der Waals surface area contributed by atoms with E-state index in [9.17, 15) is 4.79 Å². The van der Waals surface area contributed by atoms with E-state index in [1.54, 1.807) is 0 Å². The lowest BCUT2D eigenvalue weighted by Gasteiger charge is -2.53. The highest BCUT2D eigenvalue weighted by molar-refractivity contribution is 5.93. The van der Waals surface area contributed by atoms with Crippen molar-refractivity contribution in [2.45, 2.75) is 50.9 Å². The zero-order chi connectivity index (χ0) is 15.7. The molecule has 4 rings (SSSR count). The number of carbonyl (C=O) groups excluding carboxylic acids is 1. The first kappa shape index (κ1) is 13.7. The lowest BCUT2D eigenvalue weighted by Crippen LogP contribution is -2.55. The number of nitrogens with zero attached hydrogens (tertiary/aromatic N) is 1. The van der Waals surface area contributed by atoms with E-state index in [1.165, 1.54) is 5.56 Å². The molecule has 116 valence electrons. The quantitative estimate of drug-likeness (QED) is 0.689. The second-order valence-electron chi connectivity index (χ2n) is 7.31. The molecule has 4 nitrogen and oxygen atoms in total. The number of carbonyl (C=O) groups is 1. The van der Waals surface area contributed by atoms with Gasteiger partial charge in [0, 0.05) is 31.5 Å². The minimum Gasteiger partial charge on any atom is -0.472 e. The van der Waals surface area contributed by atoms with E-state index in [0.29, 0.717) is 6.42 Å². The SMILES string of the molecule is CN1c2ccccc2C2CC1(C)OC1=C2C(=O)OC(C)(C)C1. The van der Waals surface area contributed by atoms with Crippen molar-refractivity contribution < 1.29 is 14.3 Å². The predicted molar refractivity (Wildman–Crippen MR) is 83.5 cm³/mol. The Morgan fingerprint density at radius 2 is 1.91 bits per heavy atom. The van der Waals surface area contributed by atoms with E-state index in [4.69, 9.17) is 9.47 Å². The van der Waals surface area contributed by atoms with Crippen LogP contribution in [0.1, 0.15) is 45.1 Å².